The third kappa shape index (κ3) is 2.20. The van der Waals surface area contributed by atoms with Gasteiger partial charge in [-0.2, -0.15) is 0 Å². The van der Waals surface area contributed by atoms with Gasteiger partial charge in [-0.1, -0.05) is 6.92 Å². The number of aromatic nitrogens is 2. The average molecular weight is 244 g/mol. The van der Waals surface area contributed by atoms with Crippen LogP contribution in [0, 0.1) is 0 Å². The maximum atomic E-state index is 5.77. The molecular formula is C14H20N4. The highest BCUT2D eigenvalue weighted by atomic mass is 15.2. The van der Waals surface area contributed by atoms with Crippen LogP contribution in [0.5, 0.6) is 0 Å². The Kier molecular flexibility index (Phi) is 2.96. The van der Waals surface area contributed by atoms with E-state index in [1.807, 2.05) is 18.5 Å². The minimum Gasteiger partial charge on any atom is -0.399 e. The van der Waals surface area contributed by atoms with Gasteiger partial charge in [-0.15, -0.1) is 0 Å². The molecule has 0 aliphatic heterocycles. The highest BCUT2D eigenvalue weighted by Gasteiger charge is 2.27. The summed E-state index contributed by atoms with van der Waals surface area (Å²) in [6, 6.07) is 6.77. The van der Waals surface area contributed by atoms with Crippen molar-refractivity contribution in [2.24, 2.45) is 0 Å². The Morgan fingerprint density at radius 3 is 3.00 bits per heavy atom. The number of rotatable bonds is 5. The SMILES string of the molecule is CCN(CCn1cnc2cc(N)ccc21)C1CC1. The number of nitrogens with zero attached hydrogens (tertiary/aromatic N) is 3. The molecule has 0 radical (unpaired) electrons. The van der Waals surface area contributed by atoms with E-state index in [0.717, 1.165) is 36.9 Å². The summed E-state index contributed by atoms with van der Waals surface area (Å²) in [4.78, 5) is 6.97. The van der Waals surface area contributed by atoms with Crippen molar-refractivity contribution >= 4 is 16.7 Å². The lowest BCUT2D eigenvalue weighted by Gasteiger charge is -2.19. The van der Waals surface area contributed by atoms with Gasteiger partial charge in [-0.05, 0) is 37.6 Å². The maximum absolute atomic E-state index is 5.77. The number of likely N-dealkylation sites (N-methyl/N-ethyl adjacent to an activating group) is 1. The number of nitrogen functional groups attached to an aromatic ring is 1. The zero-order valence-electron chi connectivity index (χ0n) is 10.8. The quantitative estimate of drug-likeness (QED) is 0.819. The number of nitrogens with two attached hydrogens (primary N) is 1. The van der Waals surface area contributed by atoms with Crippen LogP contribution in [0.25, 0.3) is 11.0 Å². The van der Waals surface area contributed by atoms with Crippen molar-refractivity contribution in [3.8, 4) is 0 Å². The van der Waals surface area contributed by atoms with E-state index in [1.165, 1.54) is 18.4 Å². The number of fused-ring (bicyclic) bond motifs is 1. The summed E-state index contributed by atoms with van der Waals surface area (Å²) >= 11 is 0. The summed E-state index contributed by atoms with van der Waals surface area (Å²) in [5.41, 5.74) is 8.71. The normalized spacial score (nSPS) is 15.7. The van der Waals surface area contributed by atoms with Crippen LogP contribution in [-0.2, 0) is 6.54 Å². The lowest BCUT2D eigenvalue weighted by atomic mass is 10.3. The van der Waals surface area contributed by atoms with E-state index in [9.17, 15) is 0 Å². The molecule has 1 aliphatic carbocycles. The van der Waals surface area contributed by atoms with Crippen LogP contribution in [0.4, 0.5) is 5.69 Å². The smallest absolute Gasteiger partial charge is 0.0958 e. The van der Waals surface area contributed by atoms with Crippen molar-refractivity contribution in [2.45, 2.75) is 32.4 Å². The first-order valence-corrected chi connectivity index (χ1v) is 6.72. The van der Waals surface area contributed by atoms with Crippen LogP contribution >= 0.6 is 0 Å². The molecule has 1 aromatic carbocycles. The van der Waals surface area contributed by atoms with Gasteiger partial charge in [0.05, 0.1) is 17.4 Å². The average Bonchev–Trinajstić information content (AvgIpc) is 3.12. The van der Waals surface area contributed by atoms with Gasteiger partial charge in [0.2, 0.25) is 0 Å². The van der Waals surface area contributed by atoms with Crippen molar-refractivity contribution in [3.05, 3.63) is 24.5 Å². The highest BCUT2D eigenvalue weighted by molar-refractivity contribution is 5.78. The number of hydrogen-bond acceptors (Lipinski definition) is 3. The van der Waals surface area contributed by atoms with Gasteiger partial charge < -0.3 is 10.3 Å². The Balaban J connectivity index is 1.74. The molecule has 4 nitrogen and oxygen atoms in total. The van der Waals surface area contributed by atoms with E-state index in [-0.39, 0.29) is 0 Å². The highest BCUT2D eigenvalue weighted by Crippen LogP contribution is 2.26. The molecule has 0 unspecified atom stereocenters. The minimum atomic E-state index is 0.779. The van der Waals surface area contributed by atoms with Crippen molar-refractivity contribution in [1.29, 1.82) is 0 Å². The Morgan fingerprint density at radius 2 is 2.28 bits per heavy atom. The van der Waals surface area contributed by atoms with E-state index in [0.29, 0.717) is 0 Å². The van der Waals surface area contributed by atoms with Crippen LogP contribution in [0.1, 0.15) is 19.8 Å². The topological polar surface area (TPSA) is 47.1 Å². The Morgan fingerprint density at radius 1 is 1.44 bits per heavy atom. The van der Waals surface area contributed by atoms with Crippen LogP contribution in [-0.4, -0.2) is 33.6 Å². The van der Waals surface area contributed by atoms with Gasteiger partial charge in [-0.3, -0.25) is 4.90 Å². The summed E-state index contributed by atoms with van der Waals surface area (Å²) in [5.74, 6) is 0. The van der Waals surface area contributed by atoms with E-state index in [4.69, 9.17) is 5.73 Å². The summed E-state index contributed by atoms with van der Waals surface area (Å²) in [7, 11) is 0. The van der Waals surface area contributed by atoms with Gasteiger partial charge in [0.15, 0.2) is 0 Å². The molecule has 18 heavy (non-hydrogen) atoms. The number of benzene rings is 1. The molecular weight excluding hydrogens is 224 g/mol. The van der Waals surface area contributed by atoms with E-state index < -0.39 is 0 Å². The van der Waals surface area contributed by atoms with Gasteiger partial charge >= 0.3 is 0 Å². The van der Waals surface area contributed by atoms with E-state index in [1.54, 1.807) is 0 Å². The summed E-state index contributed by atoms with van der Waals surface area (Å²) in [6.07, 6.45) is 4.66. The van der Waals surface area contributed by atoms with Crippen molar-refractivity contribution in [1.82, 2.24) is 14.5 Å². The molecule has 0 spiro atoms. The lowest BCUT2D eigenvalue weighted by molar-refractivity contribution is 0.267. The molecule has 0 amide bonds. The molecule has 2 aromatic rings. The Labute approximate surface area is 107 Å². The molecule has 0 atom stereocenters. The second-order valence-corrected chi connectivity index (χ2v) is 5.05. The van der Waals surface area contributed by atoms with Crippen molar-refractivity contribution in [3.63, 3.8) is 0 Å². The largest absolute Gasteiger partial charge is 0.399 e. The molecule has 1 heterocycles. The fourth-order valence-electron chi connectivity index (χ4n) is 2.53. The van der Waals surface area contributed by atoms with Gasteiger partial charge in [-0.25, -0.2) is 4.98 Å². The van der Waals surface area contributed by atoms with Gasteiger partial charge in [0.25, 0.3) is 0 Å². The Hall–Kier alpha value is -1.55. The fourth-order valence-corrected chi connectivity index (χ4v) is 2.53. The molecule has 1 saturated carbocycles. The molecule has 0 bridgehead atoms. The fraction of sp³-hybridized carbons (Fsp3) is 0.500. The van der Waals surface area contributed by atoms with Crippen molar-refractivity contribution in [2.75, 3.05) is 18.8 Å². The molecule has 4 heteroatoms. The maximum Gasteiger partial charge on any atom is 0.0958 e. The van der Waals surface area contributed by atoms with E-state index in [2.05, 4.69) is 27.4 Å². The molecule has 0 saturated heterocycles. The second kappa shape index (κ2) is 4.61. The molecule has 1 aromatic heterocycles. The first-order chi connectivity index (χ1) is 8.78. The van der Waals surface area contributed by atoms with Crippen LogP contribution < -0.4 is 5.73 Å². The molecule has 96 valence electrons. The Bertz CT molecular complexity index is 542. The number of anilines is 1. The van der Waals surface area contributed by atoms with Gasteiger partial charge in [0, 0.05) is 24.8 Å². The number of hydrogen-bond donors (Lipinski definition) is 1. The standard InChI is InChI=1S/C14H20N4/c1-2-17(12-4-5-12)7-8-18-10-16-13-9-11(15)3-6-14(13)18/h3,6,9-10,12H,2,4-5,7-8,15H2,1H3. The minimum absolute atomic E-state index is 0.779. The summed E-state index contributed by atoms with van der Waals surface area (Å²) in [6.45, 7) is 5.50. The molecule has 3 rings (SSSR count). The molecule has 2 N–H and O–H groups in total. The predicted molar refractivity (Wildman–Crippen MR) is 74.4 cm³/mol. The first kappa shape index (κ1) is 11.5. The zero-order chi connectivity index (χ0) is 12.5. The van der Waals surface area contributed by atoms with Crippen LogP contribution in [0.2, 0.25) is 0 Å². The number of imidazole rings is 1. The third-order valence-corrected chi connectivity index (χ3v) is 3.74. The predicted octanol–water partition coefficient (Wildman–Crippen LogP) is 2.10. The van der Waals surface area contributed by atoms with Gasteiger partial charge in [0.1, 0.15) is 0 Å². The van der Waals surface area contributed by atoms with Crippen molar-refractivity contribution < 1.29 is 0 Å². The molecule has 1 aliphatic rings. The lowest BCUT2D eigenvalue weighted by Crippen LogP contribution is -2.29. The monoisotopic (exact) mass is 244 g/mol. The van der Waals surface area contributed by atoms with Crippen LogP contribution in [0.3, 0.4) is 0 Å². The third-order valence-electron chi connectivity index (χ3n) is 3.74. The zero-order valence-corrected chi connectivity index (χ0v) is 10.8. The first-order valence-electron chi connectivity index (χ1n) is 6.72. The second-order valence-electron chi connectivity index (χ2n) is 5.05. The summed E-state index contributed by atoms with van der Waals surface area (Å²) in [5, 5.41) is 0. The van der Waals surface area contributed by atoms with Crippen LogP contribution in [0.15, 0.2) is 24.5 Å². The van der Waals surface area contributed by atoms with E-state index >= 15 is 0 Å². The summed E-state index contributed by atoms with van der Waals surface area (Å²) < 4.78 is 2.22. The molecule has 1 fully saturated rings.